The fourth-order valence-corrected chi connectivity index (χ4v) is 2.23. The number of aromatic nitrogens is 2. The van der Waals surface area contributed by atoms with Crippen molar-refractivity contribution in [3.05, 3.63) is 39.4 Å². The average molecular weight is 284 g/mol. The third-order valence-electron chi connectivity index (χ3n) is 2.27. The van der Waals surface area contributed by atoms with Gasteiger partial charge in [-0.1, -0.05) is 11.6 Å². The molecular weight excluding hydrogens is 274 g/mol. The summed E-state index contributed by atoms with van der Waals surface area (Å²) in [5.74, 6) is -0.800. The van der Waals surface area contributed by atoms with Crippen molar-refractivity contribution in [2.45, 2.75) is 13.0 Å². The molecule has 2 rings (SSSR count). The second-order valence-electron chi connectivity index (χ2n) is 3.57. The van der Waals surface area contributed by atoms with Crippen molar-refractivity contribution >= 4 is 34.7 Å². The number of halogens is 1. The quantitative estimate of drug-likeness (QED) is 0.844. The highest BCUT2D eigenvalue weighted by molar-refractivity contribution is 7.09. The van der Waals surface area contributed by atoms with Crippen LogP contribution in [-0.4, -0.2) is 21.0 Å². The van der Waals surface area contributed by atoms with E-state index in [4.69, 9.17) is 16.7 Å². The van der Waals surface area contributed by atoms with E-state index < -0.39 is 5.97 Å². The second-order valence-corrected chi connectivity index (χ2v) is 4.89. The van der Waals surface area contributed by atoms with Crippen LogP contribution >= 0.6 is 22.9 Å². The molecule has 0 bridgehead atoms. The van der Waals surface area contributed by atoms with Crippen molar-refractivity contribution in [1.82, 2.24) is 9.97 Å². The molecule has 0 aliphatic heterocycles. The topological polar surface area (TPSA) is 75.1 Å². The van der Waals surface area contributed by atoms with Crippen molar-refractivity contribution in [1.29, 1.82) is 0 Å². The van der Waals surface area contributed by atoms with Gasteiger partial charge in [0.2, 0.25) is 0 Å². The third-order valence-corrected chi connectivity index (χ3v) is 3.44. The molecule has 2 heterocycles. The summed E-state index contributed by atoms with van der Waals surface area (Å²) in [5, 5.41) is 15.0. The molecule has 0 amide bonds. The highest BCUT2D eigenvalue weighted by Crippen LogP contribution is 2.23. The van der Waals surface area contributed by atoms with Crippen LogP contribution in [0, 0.1) is 0 Å². The summed E-state index contributed by atoms with van der Waals surface area (Å²) in [4.78, 5) is 19.2. The molecule has 0 saturated carbocycles. The molecule has 0 aliphatic rings. The average Bonchev–Trinajstić information content (AvgIpc) is 2.81. The maximum Gasteiger partial charge on any atom is 0.339 e. The predicted octanol–water partition coefficient (Wildman–Crippen LogP) is 3.06. The van der Waals surface area contributed by atoms with Gasteiger partial charge in [0.05, 0.1) is 6.04 Å². The molecule has 5 nitrogen and oxygen atoms in total. The lowest BCUT2D eigenvalue weighted by Gasteiger charge is -2.13. The third kappa shape index (κ3) is 2.77. The summed E-state index contributed by atoms with van der Waals surface area (Å²) < 4.78 is 0. The Hall–Kier alpha value is -1.66. The maximum atomic E-state index is 11.1. The van der Waals surface area contributed by atoms with Crippen molar-refractivity contribution in [3.8, 4) is 0 Å². The van der Waals surface area contributed by atoms with E-state index in [-0.39, 0.29) is 22.6 Å². The summed E-state index contributed by atoms with van der Waals surface area (Å²) in [6, 6.07) is 2.74. The van der Waals surface area contributed by atoms with Crippen molar-refractivity contribution in [2.75, 3.05) is 5.32 Å². The van der Waals surface area contributed by atoms with Crippen LogP contribution in [0.3, 0.4) is 0 Å². The summed E-state index contributed by atoms with van der Waals surface area (Å²) in [5.41, 5.74) is 0.0859. The number of hydrogen-bond acceptors (Lipinski definition) is 5. The number of thiazole rings is 1. The van der Waals surface area contributed by atoms with E-state index in [2.05, 4.69) is 15.3 Å². The Balaban J connectivity index is 2.28. The largest absolute Gasteiger partial charge is 0.478 e. The molecule has 0 saturated heterocycles. The van der Waals surface area contributed by atoms with Crippen LogP contribution in [0.4, 0.5) is 5.82 Å². The second kappa shape index (κ2) is 5.32. The molecule has 2 aromatic rings. The molecule has 18 heavy (non-hydrogen) atoms. The van der Waals surface area contributed by atoms with Crippen LogP contribution in [0.5, 0.6) is 0 Å². The lowest BCUT2D eigenvalue weighted by atomic mass is 10.2. The lowest BCUT2D eigenvalue weighted by molar-refractivity contribution is 0.0697. The van der Waals surface area contributed by atoms with Crippen LogP contribution in [0.1, 0.15) is 28.3 Å². The van der Waals surface area contributed by atoms with Crippen molar-refractivity contribution < 1.29 is 9.90 Å². The minimum Gasteiger partial charge on any atom is -0.478 e. The zero-order valence-electron chi connectivity index (χ0n) is 9.42. The molecule has 0 aliphatic carbocycles. The first-order valence-corrected chi connectivity index (χ1v) is 6.39. The van der Waals surface area contributed by atoms with Gasteiger partial charge in [0.1, 0.15) is 21.5 Å². The predicted molar refractivity (Wildman–Crippen MR) is 70.4 cm³/mol. The highest BCUT2D eigenvalue weighted by Gasteiger charge is 2.16. The zero-order valence-corrected chi connectivity index (χ0v) is 11.0. The standard InChI is InChI=1S/C11H10ClN3O2S/c1-6(10-13-4-5-18-10)14-9-7(11(16)17)2-3-8(12)15-9/h2-6H,1H3,(H,14,15)(H,16,17). The number of hydrogen-bond donors (Lipinski definition) is 2. The molecule has 1 unspecified atom stereocenters. The SMILES string of the molecule is CC(Nc1nc(Cl)ccc1C(=O)O)c1nccs1. The number of nitrogens with one attached hydrogen (secondary N) is 1. The van der Waals surface area contributed by atoms with Gasteiger partial charge >= 0.3 is 5.97 Å². The van der Waals surface area contributed by atoms with E-state index in [1.54, 1.807) is 6.20 Å². The fourth-order valence-electron chi connectivity index (χ4n) is 1.43. The minimum absolute atomic E-state index is 0.0859. The molecule has 2 N–H and O–H groups in total. The molecular formula is C11H10ClN3O2S. The van der Waals surface area contributed by atoms with Crippen molar-refractivity contribution in [3.63, 3.8) is 0 Å². The Kier molecular flexibility index (Phi) is 3.78. The Bertz CT molecular complexity index is 559. The smallest absolute Gasteiger partial charge is 0.339 e. The maximum absolute atomic E-state index is 11.1. The first kappa shape index (κ1) is 12.8. The number of carboxylic acids is 1. The van der Waals surface area contributed by atoms with E-state index in [1.807, 2.05) is 12.3 Å². The minimum atomic E-state index is -1.05. The summed E-state index contributed by atoms with van der Waals surface area (Å²) in [6.07, 6.45) is 1.70. The normalized spacial score (nSPS) is 12.1. The van der Waals surface area contributed by atoms with Crippen molar-refractivity contribution in [2.24, 2.45) is 0 Å². The molecule has 0 aromatic carbocycles. The van der Waals surface area contributed by atoms with Crippen LogP contribution < -0.4 is 5.32 Å². The first-order valence-electron chi connectivity index (χ1n) is 5.13. The Morgan fingerprint density at radius 1 is 1.56 bits per heavy atom. The van der Waals surface area contributed by atoms with Gasteiger partial charge in [0, 0.05) is 11.6 Å². The molecule has 2 aromatic heterocycles. The Morgan fingerprint density at radius 2 is 2.33 bits per heavy atom. The van der Waals surface area contributed by atoms with Crippen LogP contribution in [0.15, 0.2) is 23.7 Å². The van der Waals surface area contributed by atoms with E-state index in [9.17, 15) is 4.79 Å². The molecule has 94 valence electrons. The van der Waals surface area contributed by atoms with Crippen LogP contribution in [0.25, 0.3) is 0 Å². The van der Waals surface area contributed by atoms with Crippen LogP contribution in [-0.2, 0) is 0 Å². The molecule has 0 radical (unpaired) electrons. The van der Waals surface area contributed by atoms with E-state index in [0.29, 0.717) is 0 Å². The van der Waals surface area contributed by atoms with Gasteiger partial charge in [-0.05, 0) is 19.1 Å². The zero-order chi connectivity index (χ0) is 13.1. The number of pyridine rings is 1. The molecule has 0 spiro atoms. The van der Waals surface area contributed by atoms with E-state index in [0.717, 1.165) is 5.01 Å². The van der Waals surface area contributed by atoms with Crippen LogP contribution in [0.2, 0.25) is 5.15 Å². The van der Waals surface area contributed by atoms with Gasteiger partial charge < -0.3 is 10.4 Å². The number of anilines is 1. The summed E-state index contributed by atoms with van der Waals surface area (Å²) in [6.45, 7) is 1.88. The van der Waals surface area contributed by atoms with Gasteiger partial charge in [-0.25, -0.2) is 14.8 Å². The first-order chi connectivity index (χ1) is 8.58. The molecule has 0 fully saturated rings. The monoisotopic (exact) mass is 283 g/mol. The van der Waals surface area contributed by atoms with Gasteiger partial charge in [0.15, 0.2) is 0 Å². The van der Waals surface area contributed by atoms with Gasteiger partial charge in [-0.3, -0.25) is 0 Å². The van der Waals surface area contributed by atoms with Gasteiger partial charge in [-0.15, -0.1) is 11.3 Å². The summed E-state index contributed by atoms with van der Waals surface area (Å²) in [7, 11) is 0. The number of carbonyl (C=O) groups is 1. The number of carboxylic acid groups (broad SMARTS) is 1. The fraction of sp³-hybridized carbons (Fsp3) is 0.182. The Labute approximate surface area is 112 Å². The highest BCUT2D eigenvalue weighted by atomic mass is 35.5. The summed E-state index contributed by atoms with van der Waals surface area (Å²) >= 11 is 7.26. The lowest BCUT2D eigenvalue weighted by Crippen LogP contribution is -2.12. The van der Waals surface area contributed by atoms with E-state index in [1.165, 1.54) is 23.5 Å². The molecule has 1 atom stereocenters. The Morgan fingerprint density at radius 3 is 2.94 bits per heavy atom. The number of rotatable bonds is 4. The number of nitrogens with zero attached hydrogens (tertiary/aromatic N) is 2. The number of aromatic carboxylic acids is 1. The van der Waals surface area contributed by atoms with E-state index >= 15 is 0 Å². The van der Waals surface area contributed by atoms with Gasteiger partial charge in [-0.2, -0.15) is 0 Å². The molecule has 7 heteroatoms. The van der Waals surface area contributed by atoms with Gasteiger partial charge in [0.25, 0.3) is 0 Å².